The number of benzene rings is 1. The van der Waals surface area contributed by atoms with Gasteiger partial charge in [-0.2, -0.15) is 17.5 Å². The van der Waals surface area contributed by atoms with E-state index in [1.807, 2.05) is 28.8 Å². The van der Waals surface area contributed by atoms with Crippen LogP contribution in [-0.4, -0.2) is 37.5 Å². The molecule has 3 aromatic heterocycles. The molecule has 1 aromatic carbocycles. The van der Waals surface area contributed by atoms with Gasteiger partial charge < -0.3 is 10.6 Å². The number of aromatic nitrogens is 4. The fraction of sp³-hybridized carbons (Fsp3) is 0.111. The number of nitrogens with zero attached hydrogens (tertiary/aromatic N) is 4. The first-order valence-electron chi connectivity index (χ1n) is 8.35. The van der Waals surface area contributed by atoms with E-state index in [0.717, 1.165) is 21.8 Å². The van der Waals surface area contributed by atoms with Gasteiger partial charge in [0.05, 0.1) is 11.9 Å². The van der Waals surface area contributed by atoms with Crippen molar-refractivity contribution in [1.82, 2.24) is 24.1 Å². The number of amides is 2. The van der Waals surface area contributed by atoms with Crippen LogP contribution in [0.5, 0.6) is 0 Å². The lowest BCUT2D eigenvalue weighted by Crippen LogP contribution is -2.36. The highest BCUT2D eigenvalue weighted by Crippen LogP contribution is 2.27. The maximum Gasteiger partial charge on any atom is 0.405 e. The molecular formula is C18H14ClF3N6OS. The van der Waals surface area contributed by atoms with Crippen molar-refractivity contribution < 1.29 is 18.0 Å². The van der Waals surface area contributed by atoms with Crippen LogP contribution in [0.4, 0.5) is 23.7 Å². The molecule has 30 heavy (non-hydrogen) atoms. The molecule has 7 nitrogen and oxygen atoms in total. The molecule has 4 rings (SSSR count). The van der Waals surface area contributed by atoms with Gasteiger partial charge in [0, 0.05) is 23.0 Å². The summed E-state index contributed by atoms with van der Waals surface area (Å²) in [5.74, 6) is 0. The largest absolute Gasteiger partial charge is 0.405 e. The molecule has 0 aliphatic rings. The molecule has 0 unspecified atom stereocenters. The number of pyridine rings is 1. The van der Waals surface area contributed by atoms with Crippen LogP contribution < -0.4 is 10.6 Å². The van der Waals surface area contributed by atoms with Crippen molar-refractivity contribution in [3.8, 4) is 21.8 Å². The zero-order valence-corrected chi connectivity index (χ0v) is 16.7. The zero-order chi connectivity index (χ0) is 20.4. The van der Waals surface area contributed by atoms with Crippen molar-refractivity contribution in [2.24, 2.45) is 0 Å². The predicted molar refractivity (Wildman–Crippen MR) is 110 cm³/mol. The molecule has 0 fully saturated rings. The minimum Gasteiger partial charge on any atom is -0.329 e. The summed E-state index contributed by atoms with van der Waals surface area (Å²) in [6, 6.07) is 9.62. The zero-order valence-electron chi connectivity index (χ0n) is 15.1. The lowest BCUT2D eigenvalue weighted by atomic mass is 10.1. The van der Waals surface area contributed by atoms with Crippen LogP contribution in [0.2, 0.25) is 0 Å². The molecule has 0 bridgehead atoms. The highest BCUT2D eigenvalue weighted by atomic mass is 35.5. The third-order valence-corrected chi connectivity index (χ3v) is 4.70. The van der Waals surface area contributed by atoms with Crippen LogP contribution in [0, 0.1) is 0 Å². The number of hydrogen-bond acceptors (Lipinski definition) is 5. The Morgan fingerprint density at radius 2 is 1.97 bits per heavy atom. The summed E-state index contributed by atoms with van der Waals surface area (Å²) in [5.41, 5.74) is 3.48. The molecule has 0 aliphatic heterocycles. The number of nitrogens with one attached hydrogen (secondary N) is 2. The van der Waals surface area contributed by atoms with Crippen LogP contribution >= 0.6 is 23.9 Å². The SMILES string of the molecule is Cl.O=C(NCC(F)(F)F)Nc1cccc(-c2cnc3cc(-c4ncns4)ccn23)c1. The first kappa shape index (κ1) is 21.5. The van der Waals surface area contributed by atoms with Gasteiger partial charge >= 0.3 is 12.2 Å². The Kier molecular flexibility index (Phi) is 6.22. The maximum atomic E-state index is 12.2. The van der Waals surface area contributed by atoms with Gasteiger partial charge in [0.25, 0.3) is 0 Å². The van der Waals surface area contributed by atoms with Crippen molar-refractivity contribution in [3.05, 3.63) is 55.1 Å². The van der Waals surface area contributed by atoms with E-state index in [-0.39, 0.29) is 12.4 Å². The standard InChI is InChI=1S/C18H13F3N6OS.ClH/c19-18(20,21)9-23-17(28)26-13-3-1-2-11(6-13)14-8-22-15-7-12(4-5-27(14)15)16-24-10-25-29-16;/h1-8,10H,9H2,(H2,23,26,28);1H. The number of halogens is 4. The van der Waals surface area contributed by atoms with Gasteiger partial charge in [-0.05, 0) is 35.8 Å². The molecule has 4 aromatic rings. The van der Waals surface area contributed by atoms with Gasteiger partial charge in [0.1, 0.15) is 23.5 Å². The first-order valence-corrected chi connectivity index (χ1v) is 9.12. The van der Waals surface area contributed by atoms with Crippen molar-refractivity contribution in [3.63, 3.8) is 0 Å². The van der Waals surface area contributed by atoms with Gasteiger partial charge in [-0.25, -0.2) is 14.8 Å². The molecule has 156 valence electrons. The van der Waals surface area contributed by atoms with Crippen molar-refractivity contribution in [2.75, 3.05) is 11.9 Å². The summed E-state index contributed by atoms with van der Waals surface area (Å²) in [4.78, 5) is 20.3. The summed E-state index contributed by atoms with van der Waals surface area (Å²) in [7, 11) is 0. The molecule has 12 heteroatoms. The minimum atomic E-state index is -4.47. The number of rotatable bonds is 4. The molecule has 2 amide bonds. The summed E-state index contributed by atoms with van der Waals surface area (Å²) in [6.45, 7) is -1.40. The van der Waals surface area contributed by atoms with E-state index in [2.05, 4.69) is 19.7 Å². The summed E-state index contributed by atoms with van der Waals surface area (Å²) in [6.07, 6.45) is 0.556. The minimum absolute atomic E-state index is 0. The Hall–Kier alpha value is -3.18. The first-order chi connectivity index (χ1) is 13.9. The number of urea groups is 1. The number of alkyl halides is 3. The lowest BCUT2D eigenvalue weighted by molar-refractivity contribution is -0.122. The Balaban J connectivity index is 0.00000256. The average molecular weight is 455 g/mol. The Labute approximate surface area is 178 Å². The molecule has 3 heterocycles. The van der Waals surface area contributed by atoms with Crippen LogP contribution in [0.15, 0.2) is 55.1 Å². The Morgan fingerprint density at radius 1 is 1.13 bits per heavy atom. The van der Waals surface area contributed by atoms with Gasteiger partial charge in [0.15, 0.2) is 0 Å². The van der Waals surface area contributed by atoms with E-state index in [4.69, 9.17) is 0 Å². The van der Waals surface area contributed by atoms with E-state index in [1.54, 1.807) is 29.7 Å². The van der Waals surface area contributed by atoms with Gasteiger partial charge in [0.2, 0.25) is 0 Å². The van der Waals surface area contributed by atoms with E-state index in [1.165, 1.54) is 17.9 Å². The fourth-order valence-corrected chi connectivity index (χ4v) is 3.26. The molecule has 0 spiro atoms. The average Bonchev–Trinajstić information content (AvgIpc) is 3.35. The molecule has 0 atom stereocenters. The molecule has 0 aliphatic carbocycles. The molecule has 0 saturated carbocycles. The summed E-state index contributed by atoms with van der Waals surface area (Å²) in [5, 5.41) is 4.96. The Morgan fingerprint density at radius 3 is 2.70 bits per heavy atom. The maximum absolute atomic E-state index is 12.2. The normalized spacial score (nSPS) is 11.2. The second-order valence-electron chi connectivity index (χ2n) is 6.04. The molecule has 0 saturated heterocycles. The van der Waals surface area contributed by atoms with E-state index in [9.17, 15) is 18.0 Å². The Bertz CT molecular complexity index is 1160. The van der Waals surface area contributed by atoms with Gasteiger partial charge in [-0.15, -0.1) is 12.4 Å². The highest BCUT2D eigenvalue weighted by Gasteiger charge is 2.27. The smallest absolute Gasteiger partial charge is 0.329 e. The van der Waals surface area contributed by atoms with Crippen LogP contribution in [0.25, 0.3) is 27.5 Å². The van der Waals surface area contributed by atoms with Crippen LogP contribution in [0.3, 0.4) is 0 Å². The summed E-state index contributed by atoms with van der Waals surface area (Å²) < 4.78 is 42.5. The lowest BCUT2D eigenvalue weighted by Gasteiger charge is -2.10. The van der Waals surface area contributed by atoms with Crippen molar-refractivity contribution >= 4 is 41.3 Å². The van der Waals surface area contributed by atoms with E-state index in [0.29, 0.717) is 11.3 Å². The summed E-state index contributed by atoms with van der Waals surface area (Å²) >= 11 is 1.29. The predicted octanol–water partition coefficient (Wildman–Crippen LogP) is 4.63. The number of anilines is 1. The second-order valence-corrected chi connectivity index (χ2v) is 6.82. The van der Waals surface area contributed by atoms with Crippen LogP contribution in [0.1, 0.15) is 0 Å². The number of carbonyl (C=O) groups is 1. The second kappa shape index (κ2) is 8.67. The number of fused-ring (bicyclic) bond motifs is 1. The van der Waals surface area contributed by atoms with E-state index < -0.39 is 18.8 Å². The quantitative estimate of drug-likeness (QED) is 0.471. The molecular weight excluding hydrogens is 441 g/mol. The molecule has 2 N–H and O–H groups in total. The van der Waals surface area contributed by atoms with Gasteiger partial charge in [-0.3, -0.25) is 4.40 Å². The van der Waals surface area contributed by atoms with Gasteiger partial charge in [-0.1, -0.05) is 12.1 Å². The number of imidazole rings is 1. The molecule has 0 radical (unpaired) electrons. The number of hydrogen-bond donors (Lipinski definition) is 2. The van der Waals surface area contributed by atoms with Crippen LogP contribution in [-0.2, 0) is 0 Å². The van der Waals surface area contributed by atoms with Crippen molar-refractivity contribution in [2.45, 2.75) is 6.18 Å². The third kappa shape index (κ3) is 4.86. The topological polar surface area (TPSA) is 84.2 Å². The number of carbonyl (C=O) groups excluding carboxylic acids is 1. The van der Waals surface area contributed by atoms with Crippen molar-refractivity contribution in [1.29, 1.82) is 0 Å². The monoisotopic (exact) mass is 454 g/mol. The highest BCUT2D eigenvalue weighted by molar-refractivity contribution is 7.09. The fourth-order valence-electron chi connectivity index (χ4n) is 2.74. The van der Waals surface area contributed by atoms with E-state index >= 15 is 0 Å². The third-order valence-electron chi connectivity index (χ3n) is 3.99.